The summed E-state index contributed by atoms with van der Waals surface area (Å²) in [5.74, 6) is 0.341. The molecular weight excluding hydrogens is 643 g/mol. The molecule has 2 heterocycles. The van der Waals surface area contributed by atoms with E-state index in [-0.39, 0.29) is 65.7 Å². The van der Waals surface area contributed by atoms with Crippen molar-refractivity contribution >= 4 is 42.1 Å². The molecule has 1 N–H and O–H groups in total. The number of hydrogen-bond donors (Lipinski definition) is 1. The van der Waals surface area contributed by atoms with Crippen LogP contribution in [-0.2, 0) is 25.2 Å². The van der Waals surface area contributed by atoms with Crippen LogP contribution < -0.4 is 25.3 Å². The second-order valence-electron chi connectivity index (χ2n) is 15.6. The molecule has 4 atom stereocenters. The number of carbonyl (C=O) groups is 3. The van der Waals surface area contributed by atoms with Crippen molar-refractivity contribution in [2.45, 2.75) is 83.8 Å². The molecule has 1 saturated heterocycles. The third-order valence-corrected chi connectivity index (χ3v) is 16.0. The second-order valence-corrected chi connectivity index (χ2v) is 20.0. The molecule has 3 aromatic carbocycles. The first-order valence-electron chi connectivity index (χ1n) is 18.3. The molecule has 3 aromatic rings. The maximum Gasteiger partial charge on any atom is 0.261 e. The van der Waals surface area contributed by atoms with Crippen molar-refractivity contribution in [1.82, 2.24) is 10.2 Å². The summed E-state index contributed by atoms with van der Waals surface area (Å²) in [6, 6.07) is 26.5. The fraction of sp³-hybridized carbons (Fsp3) is 0.488. The zero-order valence-electron chi connectivity index (χ0n) is 30.5. The van der Waals surface area contributed by atoms with Crippen LogP contribution in [0.25, 0.3) is 0 Å². The molecule has 0 radical (unpaired) electrons. The number of benzene rings is 3. The Balaban J connectivity index is 1.26. The van der Waals surface area contributed by atoms with Gasteiger partial charge in [0.25, 0.3) is 8.32 Å². The summed E-state index contributed by atoms with van der Waals surface area (Å²) in [6.45, 7) is 11.8. The maximum absolute atomic E-state index is 13.9. The van der Waals surface area contributed by atoms with Crippen molar-refractivity contribution in [3.8, 4) is 5.75 Å². The normalized spacial score (nSPS) is 22.9. The van der Waals surface area contributed by atoms with Crippen molar-refractivity contribution in [2.24, 2.45) is 17.8 Å². The van der Waals surface area contributed by atoms with Crippen molar-refractivity contribution < 1.29 is 23.5 Å². The maximum atomic E-state index is 13.9. The highest BCUT2D eigenvalue weighted by Gasteiger charge is 2.51. The van der Waals surface area contributed by atoms with Crippen LogP contribution in [0.3, 0.4) is 0 Å². The number of anilines is 1. The first kappa shape index (κ1) is 35.9. The molecule has 6 rings (SSSR count). The Kier molecular flexibility index (Phi) is 10.6. The number of ether oxygens (including phenoxy) is 1. The lowest BCUT2D eigenvalue weighted by atomic mass is 9.81. The molecule has 0 aromatic heterocycles. The lowest BCUT2D eigenvalue weighted by molar-refractivity contribution is -0.140. The molecular formula is C41H53N3O5Si. The summed E-state index contributed by atoms with van der Waals surface area (Å²) < 4.78 is 13.5. The van der Waals surface area contributed by atoms with Crippen molar-refractivity contribution in [3.63, 3.8) is 0 Å². The molecule has 50 heavy (non-hydrogen) atoms. The largest absolute Gasteiger partial charge is 0.492 e. The van der Waals surface area contributed by atoms with Crippen LogP contribution in [0.5, 0.6) is 5.75 Å². The highest BCUT2D eigenvalue weighted by molar-refractivity contribution is 6.99. The van der Waals surface area contributed by atoms with Gasteiger partial charge < -0.3 is 19.4 Å². The van der Waals surface area contributed by atoms with E-state index in [2.05, 4.69) is 93.4 Å². The predicted octanol–water partition coefficient (Wildman–Crippen LogP) is 5.32. The predicted molar refractivity (Wildman–Crippen MR) is 200 cm³/mol. The molecule has 0 bridgehead atoms. The van der Waals surface area contributed by atoms with E-state index in [4.69, 9.17) is 9.16 Å². The van der Waals surface area contributed by atoms with Gasteiger partial charge in [-0.2, -0.15) is 0 Å². The average molecular weight is 696 g/mol. The van der Waals surface area contributed by atoms with E-state index in [9.17, 15) is 14.4 Å². The van der Waals surface area contributed by atoms with E-state index in [1.165, 1.54) is 15.3 Å². The number of fused-ring (bicyclic) bond motifs is 2. The van der Waals surface area contributed by atoms with E-state index in [1.54, 1.807) is 0 Å². The number of hydrogen-bond acceptors (Lipinski definition) is 6. The Labute approximate surface area is 298 Å². The number of likely N-dealkylation sites (N-methyl/N-ethyl adjacent to an activating group) is 1. The van der Waals surface area contributed by atoms with Gasteiger partial charge in [0.2, 0.25) is 17.7 Å². The Morgan fingerprint density at radius 1 is 0.860 bits per heavy atom. The van der Waals surface area contributed by atoms with Gasteiger partial charge in [-0.05, 0) is 64.4 Å². The third-order valence-electron chi connectivity index (χ3n) is 11.0. The van der Waals surface area contributed by atoms with Gasteiger partial charge in [-0.3, -0.25) is 19.3 Å². The van der Waals surface area contributed by atoms with Crippen LogP contribution in [0, 0.1) is 17.8 Å². The van der Waals surface area contributed by atoms with Gasteiger partial charge >= 0.3 is 0 Å². The van der Waals surface area contributed by atoms with Crippen LogP contribution in [0.15, 0.2) is 78.9 Å². The minimum Gasteiger partial charge on any atom is -0.492 e. The van der Waals surface area contributed by atoms with Gasteiger partial charge in [0.15, 0.2) is 0 Å². The molecule has 3 amide bonds. The number of nitrogens with zero attached hydrogens (tertiary/aromatic N) is 2. The Hall–Kier alpha value is -3.95. The Morgan fingerprint density at radius 3 is 1.98 bits per heavy atom. The Bertz CT molecular complexity index is 1610. The van der Waals surface area contributed by atoms with Crippen LogP contribution >= 0.6 is 0 Å². The molecule has 3 aliphatic rings. The average Bonchev–Trinajstić information content (AvgIpc) is 3.33. The lowest BCUT2D eigenvalue weighted by Gasteiger charge is -2.44. The summed E-state index contributed by atoms with van der Waals surface area (Å²) >= 11 is 0. The molecule has 8 nitrogen and oxygen atoms in total. The van der Waals surface area contributed by atoms with Crippen molar-refractivity contribution in [2.75, 3.05) is 31.7 Å². The van der Waals surface area contributed by atoms with Gasteiger partial charge in [0.05, 0.1) is 31.0 Å². The van der Waals surface area contributed by atoms with Gasteiger partial charge in [-0.25, -0.2) is 0 Å². The molecule has 1 aliphatic carbocycles. The SMILES string of the molecule is CC(C)[C@H]1C(=O)N[C@H](CO[Si](c2ccccc2)(c2ccccc2)C(C)(C)C)Cc2cc(OCCN3C(=O)C4CCCCC4C3=O)ccc2N1C. The third kappa shape index (κ3) is 6.86. The van der Waals surface area contributed by atoms with Crippen LogP contribution in [-0.4, -0.2) is 69.8 Å². The molecule has 2 fully saturated rings. The van der Waals surface area contributed by atoms with Crippen LogP contribution in [0.2, 0.25) is 5.04 Å². The van der Waals surface area contributed by atoms with Gasteiger partial charge in [-0.1, -0.05) is 108 Å². The van der Waals surface area contributed by atoms with Crippen molar-refractivity contribution in [1.29, 1.82) is 0 Å². The lowest BCUT2D eigenvalue weighted by Crippen LogP contribution is -2.67. The summed E-state index contributed by atoms with van der Waals surface area (Å²) in [5.41, 5.74) is 2.03. The molecule has 0 spiro atoms. The summed E-state index contributed by atoms with van der Waals surface area (Å²) in [7, 11) is -0.860. The zero-order chi connectivity index (χ0) is 35.6. The van der Waals surface area contributed by atoms with Crippen molar-refractivity contribution in [3.05, 3.63) is 84.4 Å². The monoisotopic (exact) mass is 695 g/mol. The number of amides is 3. The molecule has 9 heteroatoms. The minimum atomic E-state index is -2.84. The highest BCUT2D eigenvalue weighted by Crippen LogP contribution is 2.39. The van der Waals surface area contributed by atoms with E-state index >= 15 is 0 Å². The van der Waals surface area contributed by atoms with Crippen LogP contribution in [0.1, 0.15) is 65.9 Å². The molecule has 2 aliphatic heterocycles. The van der Waals surface area contributed by atoms with E-state index in [0.717, 1.165) is 36.9 Å². The number of imide groups is 1. The van der Waals surface area contributed by atoms with E-state index < -0.39 is 8.32 Å². The second kappa shape index (κ2) is 14.7. The number of nitrogens with one attached hydrogen (secondary N) is 1. The van der Waals surface area contributed by atoms with Gasteiger partial charge in [-0.15, -0.1) is 0 Å². The summed E-state index contributed by atoms with van der Waals surface area (Å²) in [4.78, 5) is 43.4. The minimum absolute atomic E-state index is 0.00922. The van der Waals surface area contributed by atoms with E-state index in [0.29, 0.717) is 18.8 Å². The smallest absolute Gasteiger partial charge is 0.261 e. The summed E-state index contributed by atoms with van der Waals surface area (Å²) in [5, 5.41) is 5.57. The van der Waals surface area contributed by atoms with Gasteiger partial charge in [0, 0.05) is 12.7 Å². The standard InChI is InChI=1S/C41H53N3O5Si/c1-28(2)37-38(45)42-30(27-49-50(41(3,4)5,32-15-9-7-10-16-32)33-17-11-8-12-18-33)25-29-26-31(21-22-36(29)43(37)6)48-24-23-44-39(46)34-19-13-14-20-35(34)40(44)47/h7-12,15-18,21-22,26,28,30,34-35,37H,13-14,19-20,23-25,27H2,1-6H3,(H,42,45)/t30-,34?,35?,37-/m0/s1. The summed E-state index contributed by atoms with van der Waals surface area (Å²) in [6.07, 6.45) is 4.18. The van der Waals surface area contributed by atoms with Crippen LogP contribution in [0.4, 0.5) is 5.69 Å². The van der Waals surface area contributed by atoms with E-state index in [1.807, 2.05) is 37.4 Å². The fourth-order valence-electron chi connectivity index (χ4n) is 8.63. The quantitative estimate of drug-likeness (QED) is 0.228. The molecule has 1 saturated carbocycles. The molecule has 2 unspecified atom stereocenters. The number of carbonyl (C=O) groups excluding carboxylic acids is 3. The highest BCUT2D eigenvalue weighted by atomic mass is 28.4. The first-order chi connectivity index (χ1) is 23.9. The molecule has 266 valence electrons. The zero-order valence-corrected chi connectivity index (χ0v) is 31.5. The number of rotatable bonds is 10. The topological polar surface area (TPSA) is 88.2 Å². The van der Waals surface area contributed by atoms with Gasteiger partial charge in [0.1, 0.15) is 18.4 Å². The first-order valence-corrected chi connectivity index (χ1v) is 20.2. The fourth-order valence-corrected chi connectivity index (χ4v) is 13.2. The Morgan fingerprint density at radius 2 is 1.44 bits per heavy atom. The number of likely N-dealkylation sites (tertiary alicyclic amines) is 1.